The van der Waals surface area contributed by atoms with E-state index in [-0.39, 0.29) is 11.5 Å². The van der Waals surface area contributed by atoms with Gasteiger partial charge in [-0.3, -0.25) is 9.52 Å². The van der Waals surface area contributed by atoms with Gasteiger partial charge in [0.15, 0.2) is 5.78 Å². The van der Waals surface area contributed by atoms with Crippen LogP contribution in [0.3, 0.4) is 0 Å². The van der Waals surface area contributed by atoms with Gasteiger partial charge in [-0.05, 0) is 28.5 Å². The van der Waals surface area contributed by atoms with E-state index in [2.05, 4.69) is 10.0 Å². The second-order valence-corrected chi connectivity index (χ2v) is 8.98. The van der Waals surface area contributed by atoms with Gasteiger partial charge in [-0.2, -0.15) is 0 Å². The number of hydrogen-bond acceptors (Lipinski definition) is 4. The van der Waals surface area contributed by atoms with E-state index in [9.17, 15) is 13.2 Å². The zero-order chi connectivity index (χ0) is 22.4. The monoisotopic (exact) mass is 442 g/mol. The highest BCUT2D eigenvalue weighted by Gasteiger charge is 2.13. The van der Waals surface area contributed by atoms with Crippen LogP contribution in [0.5, 0.6) is 0 Å². The van der Waals surface area contributed by atoms with Gasteiger partial charge in [0, 0.05) is 17.8 Å². The van der Waals surface area contributed by atoms with E-state index < -0.39 is 10.0 Å². The first-order valence-corrected chi connectivity index (χ1v) is 11.8. The van der Waals surface area contributed by atoms with Crippen molar-refractivity contribution in [2.75, 3.05) is 10.0 Å². The maximum atomic E-state index is 12.7. The summed E-state index contributed by atoms with van der Waals surface area (Å²) < 4.78 is 27.8. The molecule has 0 amide bonds. The number of benzene rings is 4. The molecule has 2 N–H and O–H groups in total. The molecule has 0 radical (unpaired) electrons. The number of sulfonamides is 1. The number of nitrogens with one attached hydrogen (secondary N) is 2. The van der Waals surface area contributed by atoms with Crippen LogP contribution in [0.1, 0.15) is 15.9 Å². The molecule has 0 unspecified atom stereocenters. The van der Waals surface area contributed by atoms with Crippen molar-refractivity contribution >= 4 is 38.0 Å². The fraction of sp³-hybridized carbons (Fsp3) is 0.0385. The number of hydrogen-bond donors (Lipinski definition) is 2. The average Bonchev–Trinajstić information content (AvgIpc) is 2.80. The van der Waals surface area contributed by atoms with Gasteiger partial charge in [0.05, 0.1) is 17.1 Å². The molecule has 0 spiro atoms. The van der Waals surface area contributed by atoms with Crippen LogP contribution in [0.4, 0.5) is 11.4 Å². The normalized spacial score (nSPS) is 11.5. The fourth-order valence-electron chi connectivity index (χ4n) is 3.43. The van der Waals surface area contributed by atoms with Crippen LogP contribution in [0.2, 0.25) is 0 Å². The Morgan fingerprint density at radius 1 is 0.750 bits per heavy atom. The third kappa shape index (κ3) is 5.22. The minimum Gasteiger partial charge on any atom is -0.360 e. The van der Waals surface area contributed by atoms with Crippen molar-refractivity contribution in [1.82, 2.24) is 0 Å². The van der Waals surface area contributed by atoms with Gasteiger partial charge in [-0.15, -0.1) is 0 Å². The van der Waals surface area contributed by atoms with Crippen molar-refractivity contribution in [3.05, 3.63) is 120 Å². The highest BCUT2D eigenvalue weighted by Crippen LogP contribution is 2.24. The molecule has 0 saturated heterocycles. The number of para-hydroxylation sites is 2. The molecule has 0 aliphatic carbocycles. The van der Waals surface area contributed by atoms with Crippen LogP contribution in [0.25, 0.3) is 10.8 Å². The number of rotatable bonds is 8. The van der Waals surface area contributed by atoms with Gasteiger partial charge in [-0.1, -0.05) is 84.9 Å². The van der Waals surface area contributed by atoms with E-state index in [4.69, 9.17) is 0 Å². The van der Waals surface area contributed by atoms with Gasteiger partial charge in [0.25, 0.3) is 0 Å². The van der Waals surface area contributed by atoms with Gasteiger partial charge < -0.3 is 5.32 Å². The fourth-order valence-corrected chi connectivity index (χ4v) is 4.65. The van der Waals surface area contributed by atoms with Crippen LogP contribution >= 0.6 is 0 Å². The lowest BCUT2D eigenvalue weighted by Gasteiger charge is -2.12. The van der Waals surface area contributed by atoms with Crippen molar-refractivity contribution in [1.29, 1.82) is 0 Å². The zero-order valence-electron chi connectivity index (χ0n) is 17.2. The molecule has 4 aromatic rings. The van der Waals surface area contributed by atoms with Crippen LogP contribution < -0.4 is 10.0 Å². The predicted molar refractivity (Wildman–Crippen MR) is 130 cm³/mol. The van der Waals surface area contributed by atoms with Crippen molar-refractivity contribution in [3.8, 4) is 0 Å². The minimum atomic E-state index is -3.60. The Kier molecular flexibility index (Phi) is 6.33. The summed E-state index contributed by atoms with van der Waals surface area (Å²) >= 11 is 0. The molecule has 4 aromatic carbocycles. The van der Waals surface area contributed by atoms with Crippen molar-refractivity contribution in [3.63, 3.8) is 0 Å². The van der Waals surface area contributed by atoms with E-state index >= 15 is 0 Å². The topological polar surface area (TPSA) is 75.3 Å². The zero-order valence-corrected chi connectivity index (χ0v) is 18.0. The lowest BCUT2D eigenvalue weighted by atomic mass is 10.0. The van der Waals surface area contributed by atoms with E-state index in [1.54, 1.807) is 54.6 Å². The molecular weight excluding hydrogens is 420 g/mol. The Morgan fingerprint density at radius 3 is 2.22 bits per heavy atom. The SMILES string of the molecule is O=C(C=CNc1ccccc1NS(=O)(=O)Cc1ccccc1)c1cccc2ccccc12. The molecule has 0 saturated carbocycles. The number of anilines is 2. The van der Waals surface area contributed by atoms with Crippen LogP contribution in [0, 0.1) is 0 Å². The van der Waals surface area contributed by atoms with Crippen molar-refractivity contribution in [2.24, 2.45) is 0 Å². The predicted octanol–water partition coefficient (Wildman–Crippen LogP) is 5.59. The smallest absolute Gasteiger partial charge is 0.236 e. The second-order valence-electron chi connectivity index (χ2n) is 7.26. The summed E-state index contributed by atoms with van der Waals surface area (Å²) in [4.78, 5) is 12.7. The van der Waals surface area contributed by atoms with E-state index in [0.29, 0.717) is 22.5 Å². The number of fused-ring (bicyclic) bond motifs is 1. The molecule has 0 aliphatic rings. The summed E-state index contributed by atoms with van der Waals surface area (Å²) in [6, 6.07) is 29.3. The summed E-state index contributed by atoms with van der Waals surface area (Å²) in [6.07, 6.45) is 2.96. The highest BCUT2D eigenvalue weighted by atomic mass is 32.2. The minimum absolute atomic E-state index is 0.127. The summed E-state index contributed by atoms with van der Waals surface area (Å²) in [5.74, 6) is -0.270. The Labute approximate surface area is 187 Å². The highest BCUT2D eigenvalue weighted by molar-refractivity contribution is 7.91. The van der Waals surface area contributed by atoms with E-state index in [0.717, 1.165) is 10.8 Å². The van der Waals surface area contributed by atoms with E-state index in [1.165, 1.54) is 12.3 Å². The maximum Gasteiger partial charge on any atom is 0.236 e. The molecule has 160 valence electrons. The Hall–Kier alpha value is -3.90. The molecule has 0 aliphatic heterocycles. The van der Waals surface area contributed by atoms with Crippen LogP contribution in [-0.4, -0.2) is 14.2 Å². The van der Waals surface area contributed by atoms with Gasteiger partial charge in [0.2, 0.25) is 10.0 Å². The summed E-state index contributed by atoms with van der Waals surface area (Å²) in [7, 11) is -3.60. The van der Waals surface area contributed by atoms with Gasteiger partial charge in [0.1, 0.15) is 0 Å². The molecule has 6 heteroatoms. The average molecular weight is 443 g/mol. The quantitative estimate of drug-likeness (QED) is 0.275. The number of allylic oxidation sites excluding steroid dienone is 1. The first-order chi connectivity index (χ1) is 15.5. The van der Waals surface area contributed by atoms with Crippen LogP contribution in [0.15, 0.2) is 109 Å². The number of ketones is 1. The Bertz CT molecular complexity index is 1380. The molecular formula is C26H22N2O3S. The maximum absolute atomic E-state index is 12.7. The third-order valence-corrected chi connectivity index (χ3v) is 6.16. The summed E-state index contributed by atoms with van der Waals surface area (Å²) in [5.41, 5.74) is 2.26. The first kappa shape index (κ1) is 21.3. The van der Waals surface area contributed by atoms with Crippen LogP contribution in [-0.2, 0) is 15.8 Å². The Morgan fingerprint density at radius 2 is 1.41 bits per heavy atom. The first-order valence-electron chi connectivity index (χ1n) is 10.1. The summed E-state index contributed by atoms with van der Waals surface area (Å²) in [5, 5.41) is 4.91. The molecule has 5 nitrogen and oxygen atoms in total. The molecule has 0 atom stereocenters. The lowest BCUT2D eigenvalue weighted by Crippen LogP contribution is -2.16. The summed E-state index contributed by atoms with van der Waals surface area (Å²) in [6.45, 7) is 0. The molecule has 0 bridgehead atoms. The third-order valence-electron chi connectivity index (χ3n) is 4.92. The Balaban J connectivity index is 1.48. The van der Waals surface area contributed by atoms with Crippen molar-refractivity contribution < 1.29 is 13.2 Å². The molecule has 4 rings (SSSR count). The van der Waals surface area contributed by atoms with Gasteiger partial charge in [-0.25, -0.2) is 8.42 Å². The number of carbonyl (C=O) groups excluding carboxylic acids is 1. The molecule has 0 heterocycles. The molecule has 0 aromatic heterocycles. The number of carbonyl (C=O) groups is 1. The second kappa shape index (κ2) is 9.49. The molecule has 0 fully saturated rings. The van der Waals surface area contributed by atoms with Crippen molar-refractivity contribution in [2.45, 2.75) is 5.75 Å². The standard InChI is InChI=1S/C26H22N2O3S/c29-26(23-14-8-12-21-11-4-5-13-22(21)23)17-18-27-24-15-6-7-16-25(24)28-32(30,31)19-20-9-2-1-3-10-20/h1-18,27-28H,19H2. The molecule has 32 heavy (non-hydrogen) atoms. The van der Waals surface area contributed by atoms with Gasteiger partial charge >= 0.3 is 0 Å². The van der Waals surface area contributed by atoms with E-state index in [1.807, 2.05) is 42.5 Å². The lowest BCUT2D eigenvalue weighted by molar-refractivity contribution is 0.104. The largest absolute Gasteiger partial charge is 0.360 e.